The number of hydrogen-bond acceptors (Lipinski definition) is 2. The van der Waals surface area contributed by atoms with Crippen molar-refractivity contribution in [2.75, 3.05) is 6.54 Å². The molecule has 1 N–H and O–H groups in total. The second-order valence-electron chi connectivity index (χ2n) is 5.76. The molecule has 0 aromatic heterocycles. The van der Waals surface area contributed by atoms with Gasteiger partial charge in [-0.1, -0.05) is 55.5 Å². The number of carbonyl (C=O) groups excluding carboxylic acids is 1. The van der Waals surface area contributed by atoms with E-state index in [2.05, 4.69) is 6.07 Å². The maximum atomic E-state index is 11.9. The van der Waals surface area contributed by atoms with E-state index in [0.717, 1.165) is 29.7 Å². The molecule has 1 aliphatic rings. The van der Waals surface area contributed by atoms with E-state index in [4.69, 9.17) is 0 Å². The summed E-state index contributed by atoms with van der Waals surface area (Å²) >= 11 is 0. The molecule has 1 unspecified atom stereocenters. The maximum Gasteiger partial charge on any atom is 0.222 e. The molecule has 1 aliphatic heterocycles. The largest absolute Gasteiger partial charge is 0.384 e. The van der Waals surface area contributed by atoms with Crippen LogP contribution in [0.4, 0.5) is 0 Å². The molecule has 0 bridgehead atoms. The van der Waals surface area contributed by atoms with Gasteiger partial charge in [0.05, 0.1) is 0 Å². The van der Waals surface area contributed by atoms with Crippen LogP contribution in [0.15, 0.2) is 48.5 Å². The molecule has 0 aliphatic carbocycles. The van der Waals surface area contributed by atoms with Crippen LogP contribution >= 0.6 is 0 Å². The van der Waals surface area contributed by atoms with Crippen molar-refractivity contribution in [1.29, 1.82) is 0 Å². The number of aliphatic hydroxyl groups is 1. The topological polar surface area (TPSA) is 40.5 Å². The van der Waals surface area contributed by atoms with Crippen LogP contribution in [0.5, 0.6) is 0 Å². The zero-order valence-electron chi connectivity index (χ0n) is 12.8. The Hall–Kier alpha value is -2.13. The van der Waals surface area contributed by atoms with Crippen molar-refractivity contribution in [2.45, 2.75) is 32.4 Å². The number of aliphatic hydroxyl groups excluding tert-OH is 1. The minimum atomic E-state index is -0.622. The van der Waals surface area contributed by atoms with Gasteiger partial charge in [0.25, 0.3) is 0 Å². The molecule has 3 rings (SSSR count). The lowest BCUT2D eigenvalue weighted by atomic mass is 9.93. The second kappa shape index (κ2) is 6.32. The fourth-order valence-electron chi connectivity index (χ4n) is 3.01. The third kappa shape index (κ3) is 2.90. The fraction of sp³-hybridized carbons (Fsp3) is 0.316. The summed E-state index contributed by atoms with van der Waals surface area (Å²) < 4.78 is 0. The Bertz CT molecular complexity index is 666. The van der Waals surface area contributed by atoms with Crippen molar-refractivity contribution in [3.8, 4) is 0 Å². The van der Waals surface area contributed by atoms with Crippen LogP contribution in [-0.4, -0.2) is 22.5 Å². The molecule has 3 heteroatoms. The summed E-state index contributed by atoms with van der Waals surface area (Å²) in [6.07, 6.45) is 0.813. The highest BCUT2D eigenvalue weighted by molar-refractivity contribution is 5.76. The first-order valence-electron chi connectivity index (χ1n) is 7.81. The van der Waals surface area contributed by atoms with Crippen LogP contribution in [0.2, 0.25) is 0 Å². The van der Waals surface area contributed by atoms with Gasteiger partial charge in [0.1, 0.15) is 6.10 Å². The average Bonchev–Trinajstić information content (AvgIpc) is 2.60. The van der Waals surface area contributed by atoms with E-state index in [9.17, 15) is 9.90 Å². The van der Waals surface area contributed by atoms with E-state index in [-0.39, 0.29) is 5.91 Å². The van der Waals surface area contributed by atoms with Crippen LogP contribution < -0.4 is 0 Å². The molecule has 2 aromatic rings. The minimum absolute atomic E-state index is 0.194. The van der Waals surface area contributed by atoms with Gasteiger partial charge in [0.2, 0.25) is 5.91 Å². The van der Waals surface area contributed by atoms with Gasteiger partial charge in [-0.2, -0.15) is 0 Å². The van der Waals surface area contributed by atoms with E-state index in [1.807, 2.05) is 54.3 Å². The predicted molar refractivity (Wildman–Crippen MR) is 86.4 cm³/mol. The van der Waals surface area contributed by atoms with Gasteiger partial charge in [0, 0.05) is 19.5 Å². The van der Waals surface area contributed by atoms with Gasteiger partial charge in [-0.15, -0.1) is 0 Å². The van der Waals surface area contributed by atoms with E-state index in [1.165, 1.54) is 5.56 Å². The van der Waals surface area contributed by atoms with Crippen molar-refractivity contribution in [3.05, 3.63) is 70.8 Å². The molecule has 114 valence electrons. The summed E-state index contributed by atoms with van der Waals surface area (Å²) in [4.78, 5) is 13.8. The Kier molecular flexibility index (Phi) is 4.25. The molecule has 2 aromatic carbocycles. The lowest BCUT2D eigenvalue weighted by molar-refractivity contribution is -0.131. The minimum Gasteiger partial charge on any atom is -0.384 e. The molecule has 0 fully saturated rings. The van der Waals surface area contributed by atoms with Crippen molar-refractivity contribution in [3.63, 3.8) is 0 Å². The normalized spacial score (nSPS) is 15.3. The number of benzene rings is 2. The highest BCUT2D eigenvalue weighted by Gasteiger charge is 2.21. The third-order valence-corrected chi connectivity index (χ3v) is 4.33. The summed E-state index contributed by atoms with van der Waals surface area (Å²) in [5.41, 5.74) is 4.21. The average molecular weight is 295 g/mol. The van der Waals surface area contributed by atoms with E-state index in [0.29, 0.717) is 13.0 Å². The van der Waals surface area contributed by atoms with Crippen LogP contribution in [0.3, 0.4) is 0 Å². The quantitative estimate of drug-likeness (QED) is 0.945. The summed E-state index contributed by atoms with van der Waals surface area (Å²) in [6.45, 7) is 3.34. The summed E-state index contributed by atoms with van der Waals surface area (Å²) in [7, 11) is 0. The fourth-order valence-corrected chi connectivity index (χ4v) is 3.01. The highest BCUT2D eigenvalue weighted by atomic mass is 16.3. The Balaban J connectivity index is 1.86. The van der Waals surface area contributed by atoms with Gasteiger partial charge in [-0.25, -0.2) is 0 Å². The second-order valence-corrected chi connectivity index (χ2v) is 5.76. The molecule has 0 spiro atoms. The molecule has 3 nitrogen and oxygen atoms in total. The maximum absolute atomic E-state index is 11.9. The SMILES string of the molecule is CCC(=O)N1CCc2ccc(C(O)c3ccccc3)cc2C1. The first-order valence-corrected chi connectivity index (χ1v) is 7.81. The molecule has 0 radical (unpaired) electrons. The molecule has 1 atom stereocenters. The number of rotatable bonds is 3. The third-order valence-electron chi connectivity index (χ3n) is 4.33. The van der Waals surface area contributed by atoms with Gasteiger partial charge in [-0.3, -0.25) is 4.79 Å². The standard InChI is InChI=1S/C19H21NO2/c1-2-18(21)20-11-10-14-8-9-16(12-17(14)13-20)19(22)15-6-4-3-5-7-15/h3-9,12,19,22H,2,10-11,13H2,1H3. The lowest BCUT2D eigenvalue weighted by Gasteiger charge is -2.29. The molecular weight excluding hydrogens is 274 g/mol. The number of amides is 1. The Morgan fingerprint density at radius 3 is 2.64 bits per heavy atom. The van der Waals surface area contributed by atoms with Crippen LogP contribution in [-0.2, 0) is 17.8 Å². The number of hydrogen-bond donors (Lipinski definition) is 1. The summed E-state index contributed by atoms with van der Waals surface area (Å²) in [5, 5.41) is 10.5. The smallest absolute Gasteiger partial charge is 0.222 e. The monoisotopic (exact) mass is 295 g/mol. The molecule has 22 heavy (non-hydrogen) atoms. The Morgan fingerprint density at radius 1 is 1.14 bits per heavy atom. The van der Waals surface area contributed by atoms with Crippen LogP contribution in [0.1, 0.15) is 41.7 Å². The number of nitrogens with zero attached hydrogens (tertiary/aromatic N) is 1. The first kappa shape index (κ1) is 14.8. The summed E-state index contributed by atoms with van der Waals surface area (Å²) in [6, 6.07) is 15.8. The molecule has 0 saturated heterocycles. The highest BCUT2D eigenvalue weighted by Crippen LogP contribution is 2.27. The van der Waals surface area contributed by atoms with Gasteiger partial charge in [-0.05, 0) is 28.7 Å². The van der Waals surface area contributed by atoms with Crippen molar-refractivity contribution in [1.82, 2.24) is 4.90 Å². The Morgan fingerprint density at radius 2 is 1.91 bits per heavy atom. The molecule has 1 heterocycles. The molecular formula is C19H21NO2. The molecule has 0 saturated carbocycles. The predicted octanol–water partition coefficient (Wildman–Crippen LogP) is 3.06. The lowest BCUT2D eigenvalue weighted by Crippen LogP contribution is -2.35. The van der Waals surface area contributed by atoms with Crippen molar-refractivity contribution in [2.24, 2.45) is 0 Å². The van der Waals surface area contributed by atoms with E-state index in [1.54, 1.807) is 0 Å². The van der Waals surface area contributed by atoms with Crippen molar-refractivity contribution >= 4 is 5.91 Å². The number of fused-ring (bicyclic) bond motifs is 1. The van der Waals surface area contributed by atoms with Gasteiger partial charge in [0.15, 0.2) is 0 Å². The first-order chi connectivity index (χ1) is 10.7. The Labute approximate surface area is 131 Å². The molecule has 1 amide bonds. The van der Waals surface area contributed by atoms with Crippen LogP contribution in [0.25, 0.3) is 0 Å². The van der Waals surface area contributed by atoms with Crippen LogP contribution in [0, 0.1) is 0 Å². The van der Waals surface area contributed by atoms with Crippen molar-refractivity contribution < 1.29 is 9.90 Å². The summed E-state index contributed by atoms with van der Waals surface area (Å²) in [5.74, 6) is 0.194. The van der Waals surface area contributed by atoms with Gasteiger partial charge >= 0.3 is 0 Å². The zero-order valence-corrected chi connectivity index (χ0v) is 12.8. The van der Waals surface area contributed by atoms with Gasteiger partial charge < -0.3 is 10.0 Å². The number of carbonyl (C=O) groups is 1. The van der Waals surface area contributed by atoms with E-state index < -0.39 is 6.10 Å². The zero-order chi connectivity index (χ0) is 15.5. The van der Waals surface area contributed by atoms with E-state index >= 15 is 0 Å².